The van der Waals surface area contributed by atoms with Crippen molar-refractivity contribution in [2.45, 2.75) is 6.04 Å². The van der Waals surface area contributed by atoms with E-state index in [9.17, 15) is 0 Å². The fourth-order valence-corrected chi connectivity index (χ4v) is 5.01. The van der Waals surface area contributed by atoms with Gasteiger partial charge in [0.05, 0.1) is 0 Å². The molecule has 0 fully saturated rings. The van der Waals surface area contributed by atoms with E-state index in [-0.39, 0.29) is 0 Å². The van der Waals surface area contributed by atoms with Gasteiger partial charge < -0.3 is 0 Å². The highest BCUT2D eigenvalue weighted by atomic mass is 80.0. The Hall–Kier alpha value is 1.95. The van der Waals surface area contributed by atoms with Crippen LogP contribution in [0.4, 0.5) is 0 Å². The van der Waals surface area contributed by atoms with E-state index in [1.807, 2.05) is 0 Å². The minimum Gasteiger partial charge on any atom is -0.127 e. The first-order valence-corrected chi connectivity index (χ1v) is 11.2. The van der Waals surface area contributed by atoms with Crippen LogP contribution >= 0.6 is 57.5 Å². The second-order valence-electron chi connectivity index (χ2n) is 1.05. The molecule has 0 aromatic rings. The topological polar surface area (TPSA) is 0 Å². The Morgan fingerprint density at radius 2 is 1.71 bits per heavy atom. The Morgan fingerprint density at radius 1 is 1.29 bits per heavy atom. The lowest BCUT2D eigenvalue weighted by atomic mass is 11.0. The summed E-state index contributed by atoms with van der Waals surface area (Å²) < 4.78 is -1.35. The highest BCUT2D eigenvalue weighted by Crippen LogP contribution is 2.31. The van der Waals surface area contributed by atoms with Gasteiger partial charge in [-0.15, -0.1) is 11.6 Å². The summed E-state index contributed by atoms with van der Waals surface area (Å²) in [6.07, 6.45) is 0. The van der Waals surface area contributed by atoms with Gasteiger partial charge in [-0.3, -0.25) is 0 Å². The van der Waals surface area contributed by atoms with Crippen molar-refractivity contribution < 1.29 is 0 Å². The quantitative estimate of drug-likeness (QED) is 0.414. The molecule has 0 aromatic carbocycles. The maximum Gasteiger partial charge on any atom is 0.268 e. The summed E-state index contributed by atoms with van der Waals surface area (Å²) in [5, 5.41) is 0. The van der Waals surface area contributed by atoms with Gasteiger partial charge in [0.1, 0.15) is 0 Å². The van der Waals surface area contributed by atoms with Crippen LogP contribution in [-0.2, 0) is 0 Å². The Bertz CT molecular complexity index is 51.4. The summed E-state index contributed by atoms with van der Waals surface area (Å²) in [5.41, 5.74) is 0. The van der Waals surface area contributed by atoms with E-state index < -0.39 is 3.93 Å². The molecule has 0 unspecified atom stereocenters. The van der Waals surface area contributed by atoms with Crippen molar-refractivity contribution in [1.29, 1.82) is 0 Å². The van der Waals surface area contributed by atoms with Crippen LogP contribution in [0.2, 0.25) is 6.04 Å². The molecule has 0 N–H and O–H groups in total. The first-order valence-electron chi connectivity index (χ1n) is 1.69. The van der Waals surface area contributed by atoms with Crippen molar-refractivity contribution in [2.24, 2.45) is 0 Å². The van der Waals surface area contributed by atoms with Crippen LogP contribution in [0.3, 0.4) is 0 Å². The summed E-state index contributed by atoms with van der Waals surface area (Å²) in [5.74, 6) is 0.702. The van der Waals surface area contributed by atoms with Gasteiger partial charge in [-0.25, -0.2) is 0 Å². The molecule has 0 rings (SSSR count). The molecule has 0 aromatic heterocycles. The molecule has 0 amide bonds. The van der Waals surface area contributed by atoms with Gasteiger partial charge in [0.2, 0.25) is 0 Å². The van der Waals surface area contributed by atoms with Gasteiger partial charge in [-0.05, 0) is 6.04 Å². The van der Waals surface area contributed by atoms with Crippen molar-refractivity contribution in [3.05, 3.63) is 0 Å². The van der Waals surface area contributed by atoms with Gasteiger partial charge in [0.15, 0.2) is 0 Å². The predicted octanol–water partition coefficient (Wildman–Crippen LogP) is 3.35. The molecule has 44 valence electrons. The van der Waals surface area contributed by atoms with Crippen molar-refractivity contribution in [2.75, 3.05) is 5.88 Å². The zero-order valence-electron chi connectivity index (χ0n) is 3.43. The van der Waals surface area contributed by atoms with Crippen LogP contribution < -0.4 is 0 Å². The maximum atomic E-state index is 5.43. The normalized spacial score (nSPS) is 12.0. The van der Waals surface area contributed by atoms with Crippen LogP contribution in [0, 0.1) is 0 Å². The second-order valence-corrected chi connectivity index (χ2v) is 24.9. The first kappa shape index (κ1) is 8.95. The van der Waals surface area contributed by atoms with E-state index in [2.05, 4.69) is 45.9 Å². The molecule has 0 nitrogen and oxygen atoms in total. The molecule has 0 aliphatic carbocycles. The monoisotopic (exact) mass is 328 g/mol. The maximum absolute atomic E-state index is 5.43. The SMILES string of the molecule is ClCC[Si](Br)(Br)Br. The standard InChI is InChI=1S/C2H4Br3ClSi/c3-7(4,5)2-1-6/h1-2H2. The smallest absolute Gasteiger partial charge is 0.127 e. The van der Waals surface area contributed by atoms with Crippen LogP contribution in [0.5, 0.6) is 0 Å². The average molecular weight is 331 g/mol. The van der Waals surface area contributed by atoms with E-state index in [0.29, 0.717) is 5.88 Å². The molecule has 0 radical (unpaired) electrons. The van der Waals surface area contributed by atoms with E-state index >= 15 is 0 Å². The Balaban J connectivity index is 3.15. The highest BCUT2D eigenvalue weighted by Gasteiger charge is 2.19. The van der Waals surface area contributed by atoms with E-state index in [0.717, 1.165) is 6.04 Å². The van der Waals surface area contributed by atoms with E-state index in [1.165, 1.54) is 0 Å². The molecule has 0 heterocycles. The molecule has 0 aliphatic heterocycles. The lowest BCUT2D eigenvalue weighted by molar-refractivity contribution is 1.48. The van der Waals surface area contributed by atoms with Crippen LogP contribution in [0.1, 0.15) is 0 Å². The fraction of sp³-hybridized carbons (Fsp3) is 1.00. The van der Waals surface area contributed by atoms with Gasteiger partial charge >= 0.3 is 0 Å². The summed E-state index contributed by atoms with van der Waals surface area (Å²) in [7, 11) is 0. The summed E-state index contributed by atoms with van der Waals surface area (Å²) in [4.78, 5) is 0. The van der Waals surface area contributed by atoms with Crippen molar-refractivity contribution in [3.8, 4) is 0 Å². The molecule has 0 aliphatic rings. The molecule has 0 saturated heterocycles. The Kier molecular flexibility index (Phi) is 4.95. The molecule has 0 bridgehead atoms. The molecule has 0 saturated carbocycles. The van der Waals surface area contributed by atoms with Gasteiger partial charge in [-0.1, -0.05) is 45.9 Å². The van der Waals surface area contributed by atoms with Crippen molar-refractivity contribution >= 4 is 61.4 Å². The Labute approximate surface area is 72.7 Å². The zero-order chi connectivity index (χ0) is 5.91. The molecular formula is C2H4Br3ClSi. The van der Waals surface area contributed by atoms with Crippen molar-refractivity contribution in [1.82, 2.24) is 0 Å². The third-order valence-corrected chi connectivity index (χ3v) is 5.27. The summed E-state index contributed by atoms with van der Waals surface area (Å²) >= 11 is 15.7. The molecule has 0 atom stereocenters. The third kappa shape index (κ3) is 7.95. The second kappa shape index (κ2) is 3.88. The molecular weight excluding hydrogens is 327 g/mol. The van der Waals surface area contributed by atoms with Crippen LogP contribution in [0.25, 0.3) is 0 Å². The van der Waals surface area contributed by atoms with Crippen LogP contribution in [0.15, 0.2) is 0 Å². The zero-order valence-corrected chi connectivity index (χ0v) is 9.94. The van der Waals surface area contributed by atoms with Crippen LogP contribution in [-0.4, -0.2) is 9.81 Å². The van der Waals surface area contributed by atoms with Gasteiger partial charge in [0, 0.05) is 5.88 Å². The van der Waals surface area contributed by atoms with Gasteiger partial charge in [0.25, 0.3) is 3.93 Å². The number of hydrogen-bond acceptors (Lipinski definition) is 0. The molecule has 5 heteroatoms. The minimum absolute atomic E-state index is 0.702. The number of alkyl halides is 1. The van der Waals surface area contributed by atoms with Crippen molar-refractivity contribution in [3.63, 3.8) is 0 Å². The summed E-state index contributed by atoms with van der Waals surface area (Å²) in [6, 6.07) is 0.995. The predicted molar refractivity (Wildman–Crippen MR) is 48.1 cm³/mol. The van der Waals surface area contributed by atoms with E-state index in [1.54, 1.807) is 0 Å². The Morgan fingerprint density at radius 3 is 1.71 bits per heavy atom. The number of rotatable bonds is 2. The lowest BCUT2D eigenvalue weighted by Crippen LogP contribution is -2.05. The fourth-order valence-electron chi connectivity index (χ4n) is 0.107. The number of hydrogen-bond donors (Lipinski definition) is 0. The minimum atomic E-state index is -1.35. The average Bonchev–Trinajstić information content (AvgIpc) is 1.30. The molecule has 0 spiro atoms. The van der Waals surface area contributed by atoms with Gasteiger partial charge in [-0.2, -0.15) is 0 Å². The number of halogens is 4. The summed E-state index contributed by atoms with van der Waals surface area (Å²) in [6.45, 7) is 0. The van der Waals surface area contributed by atoms with E-state index in [4.69, 9.17) is 11.6 Å². The largest absolute Gasteiger partial charge is 0.268 e. The third-order valence-electron chi connectivity index (χ3n) is 0.378. The lowest BCUT2D eigenvalue weighted by Gasteiger charge is -2.02. The first-order chi connectivity index (χ1) is 3.06. The highest BCUT2D eigenvalue weighted by molar-refractivity contribution is 9.72. The molecule has 7 heavy (non-hydrogen) atoms.